The number of rotatable bonds is 7. The number of fused-ring (bicyclic) bond motifs is 2. The van der Waals surface area contributed by atoms with Gasteiger partial charge in [-0.25, -0.2) is 21.6 Å². The Balaban J connectivity index is 1.59. The fraction of sp³-hybridized carbons (Fsp3) is 0.417. The minimum Gasteiger partial charge on any atom is -0.396 e. The summed E-state index contributed by atoms with van der Waals surface area (Å²) in [7, 11) is -4.02. The van der Waals surface area contributed by atoms with E-state index in [0.717, 1.165) is 6.07 Å². The number of nitrogens with zero attached hydrogens (tertiary/aromatic N) is 1. The van der Waals surface area contributed by atoms with Gasteiger partial charge in [-0.2, -0.15) is 0 Å². The summed E-state index contributed by atoms with van der Waals surface area (Å²) in [6.07, 6.45) is 2.88. The Kier molecular flexibility index (Phi) is 7.36. The van der Waals surface area contributed by atoms with Gasteiger partial charge < -0.3 is 15.3 Å². The third-order valence-corrected chi connectivity index (χ3v) is 9.54. The zero-order valence-corrected chi connectivity index (χ0v) is 20.8. The number of aliphatic hydroxyl groups is 1. The highest BCUT2D eigenvalue weighted by molar-refractivity contribution is 7.92. The number of amides is 1. The van der Waals surface area contributed by atoms with Crippen molar-refractivity contribution in [1.29, 1.82) is 0 Å². The van der Waals surface area contributed by atoms with Crippen LogP contribution in [0.1, 0.15) is 43.0 Å². The summed E-state index contributed by atoms with van der Waals surface area (Å²) in [6, 6.07) is 4.86. The first-order valence-corrected chi connectivity index (χ1v) is 13.3. The summed E-state index contributed by atoms with van der Waals surface area (Å²) in [5.74, 6) is -6.21. The van der Waals surface area contributed by atoms with Gasteiger partial charge in [0.25, 0.3) is 5.91 Å². The summed E-state index contributed by atoms with van der Waals surface area (Å²) in [5.41, 5.74) is -1.74. The number of oxime groups is 1. The quantitative estimate of drug-likeness (QED) is 0.298. The smallest absolute Gasteiger partial charge is 0.255 e. The van der Waals surface area contributed by atoms with Crippen LogP contribution in [0.2, 0.25) is 5.02 Å². The lowest BCUT2D eigenvalue weighted by Gasteiger charge is -2.38. The van der Waals surface area contributed by atoms with E-state index in [1.54, 1.807) is 6.92 Å². The van der Waals surface area contributed by atoms with Crippen LogP contribution < -0.4 is 5.32 Å². The average Bonchev–Trinajstić information content (AvgIpc) is 3.11. The number of benzene rings is 2. The van der Waals surface area contributed by atoms with Crippen molar-refractivity contribution in [2.75, 3.05) is 11.9 Å². The predicted molar refractivity (Wildman–Crippen MR) is 127 cm³/mol. The van der Waals surface area contributed by atoms with Gasteiger partial charge in [0, 0.05) is 23.4 Å². The van der Waals surface area contributed by atoms with Crippen LogP contribution in [-0.4, -0.2) is 43.1 Å². The lowest BCUT2D eigenvalue weighted by molar-refractivity contribution is 0.0426. The Labute approximate surface area is 211 Å². The lowest BCUT2D eigenvalue weighted by atomic mass is 9.78. The third kappa shape index (κ3) is 5.09. The molecule has 2 fully saturated rings. The van der Waals surface area contributed by atoms with E-state index >= 15 is 0 Å². The predicted octanol–water partition coefficient (Wildman–Crippen LogP) is 4.73. The minimum absolute atomic E-state index is 0.0800. The second-order valence-electron chi connectivity index (χ2n) is 9.12. The number of halogens is 4. The van der Waals surface area contributed by atoms with Crippen LogP contribution in [0.15, 0.2) is 40.4 Å². The van der Waals surface area contributed by atoms with Crippen molar-refractivity contribution in [2.24, 2.45) is 17.0 Å². The van der Waals surface area contributed by atoms with Gasteiger partial charge in [0.05, 0.1) is 21.4 Å². The fourth-order valence-corrected chi connectivity index (χ4v) is 8.07. The molecule has 2 aromatic carbocycles. The molecule has 194 valence electrons. The number of nitrogens with one attached hydrogen (secondary N) is 1. The van der Waals surface area contributed by atoms with Crippen LogP contribution >= 0.6 is 11.6 Å². The second kappa shape index (κ2) is 10.0. The zero-order chi connectivity index (χ0) is 26.3. The molecule has 4 rings (SSSR count). The first-order chi connectivity index (χ1) is 16.9. The molecule has 2 aromatic rings. The normalized spacial score (nSPS) is 25.8. The molecule has 2 aliphatic rings. The lowest BCUT2D eigenvalue weighted by Crippen LogP contribution is -2.47. The van der Waals surface area contributed by atoms with Gasteiger partial charge in [-0.15, -0.1) is 0 Å². The molecule has 0 aromatic heterocycles. The number of hydrogen-bond donors (Lipinski definition) is 2. The monoisotopic (exact) mass is 544 g/mol. The summed E-state index contributed by atoms with van der Waals surface area (Å²) in [6.45, 7) is 2.09. The summed E-state index contributed by atoms with van der Waals surface area (Å²) in [5, 5.41) is 16.0. The van der Waals surface area contributed by atoms with E-state index in [1.165, 1.54) is 18.3 Å². The SMILES string of the molecule is CCO/N=C/C1(O)CC2CCC(C1)C2S(=O)(=O)c1cc(C(=O)Nc2cc(F)c(F)c(F)c2)ccc1Cl. The molecule has 0 heterocycles. The average molecular weight is 545 g/mol. The van der Waals surface area contributed by atoms with Crippen molar-refractivity contribution in [3.63, 3.8) is 0 Å². The van der Waals surface area contributed by atoms with Crippen molar-refractivity contribution in [2.45, 2.75) is 48.4 Å². The summed E-state index contributed by atoms with van der Waals surface area (Å²) in [4.78, 5) is 17.4. The minimum atomic E-state index is -4.02. The molecular formula is C24H24ClF3N2O5S. The van der Waals surface area contributed by atoms with Crippen LogP contribution in [-0.2, 0) is 14.7 Å². The van der Waals surface area contributed by atoms with Gasteiger partial charge >= 0.3 is 0 Å². The second-order valence-corrected chi connectivity index (χ2v) is 11.6. The van der Waals surface area contributed by atoms with Crippen molar-refractivity contribution in [3.05, 3.63) is 58.4 Å². The number of anilines is 1. The molecule has 2 unspecified atom stereocenters. The zero-order valence-electron chi connectivity index (χ0n) is 19.2. The summed E-state index contributed by atoms with van der Waals surface area (Å²) < 4.78 is 67.6. The van der Waals surface area contributed by atoms with Gasteiger partial charge in [-0.1, -0.05) is 16.8 Å². The first kappa shape index (κ1) is 26.4. The highest BCUT2D eigenvalue weighted by Crippen LogP contribution is 2.51. The Morgan fingerprint density at radius 1 is 1.19 bits per heavy atom. The Hall–Kier alpha value is -2.63. The molecule has 0 radical (unpaired) electrons. The van der Waals surface area contributed by atoms with E-state index in [1.807, 2.05) is 0 Å². The fourth-order valence-electron chi connectivity index (χ4n) is 5.23. The summed E-state index contributed by atoms with van der Waals surface area (Å²) >= 11 is 6.24. The molecule has 0 saturated heterocycles. The largest absolute Gasteiger partial charge is 0.396 e. The maximum Gasteiger partial charge on any atom is 0.255 e. The van der Waals surface area contributed by atoms with Crippen molar-refractivity contribution in [3.8, 4) is 0 Å². The van der Waals surface area contributed by atoms with Gasteiger partial charge in [0.1, 0.15) is 12.2 Å². The number of hydrogen-bond acceptors (Lipinski definition) is 6. The molecule has 2 atom stereocenters. The topological polar surface area (TPSA) is 105 Å². The number of sulfone groups is 1. The molecule has 2 N–H and O–H groups in total. The van der Waals surface area contributed by atoms with Crippen molar-refractivity contribution in [1.82, 2.24) is 0 Å². The molecule has 2 saturated carbocycles. The van der Waals surface area contributed by atoms with Crippen molar-refractivity contribution >= 4 is 39.2 Å². The highest BCUT2D eigenvalue weighted by atomic mass is 35.5. The molecule has 0 spiro atoms. The maximum absolute atomic E-state index is 13.7. The van der Waals surface area contributed by atoms with Gasteiger partial charge in [0.15, 0.2) is 27.3 Å². The van der Waals surface area contributed by atoms with Crippen molar-refractivity contribution < 1.29 is 36.3 Å². The first-order valence-electron chi connectivity index (χ1n) is 11.3. The van der Waals surface area contributed by atoms with Crippen LogP contribution in [0.25, 0.3) is 0 Å². The standard InChI is InChI=1S/C24H24ClF3N2O5S/c1-2-35-29-12-24(32)10-14-3-4-15(11-24)22(14)36(33,34)20-7-13(5-6-17(20)25)23(31)30-16-8-18(26)21(28)19(27)9-16/h5-9,12,14-15,22,32H,2-4,10-11H2,1H3,(H,30,31)/b29-12+. The molecule has 2 aliphatic carbocycles. The van der Waals surface area contributed by atoms with E-state index in [0.29, 0.717) is 31.6 Å². The van der Waals surface area contributed by atoms with Gasteiger partial charge in [0.2, 0.25) is 0 Å². The highest BCUT2D eigenvalue weighted by Gasteiger charge is 2.54. The number of carbonyl (C=O) groups is 1. The molecule has 7 nitrogen and oxygen atoms in total. The molecule has 2 bridgehead atoms. The maximum atomic E-state index is 13.7. The van der Waals surface area contributed by atoms with Gasteiger partial charge in [-0.05, 0) is 62.6 Å². The Bertz CT molecular complexity index is 1280. The van der Waals surface area contributed by atoms with E-state index in [2.05, 4.69) is 10.5 Å². The molecule has 1 amide bonds. The van der Waals surface area contributed by atoms with E-state index in [-0.39, 0.29) is 45.8 Å². The molecule has 0 aliphatic heterocycles. The third-order valence-electron chi connectivity index (χ3n) is 6.67. The van der Waals surface area contributed by atoms with E-state index in [9.17, 15) is 31.5 Å². The number of carbonyl (C=O) groups excluding carboxylic acids is 1. The molecule has 36 heavy (non-hydrogen) atoms. The van der Waals surface area contributed by atoms with E-state index < -0.39 is 44.0 Å². The Morgan fingerprint density at radius 3 is 2.39 bits per heavy atom. The van der Waals surface area contributed by atoms with Gasteiger partial charge in [-0.3, -0.25) is 4.79 Å². The van der Waals surface area contributed by atoms with Crippen LogP contribution in [0.4, 0.5) is 18.9 Å². The van der Waals surface area contributed by atoms with E-state index in [4.69, 9.17) is 16.4 Å². The van der Waals surface area contributed by atoms with Crippen LogP contribution in [0.3, 0.4) is 0 Å². The molecular weight excluding hydrogens is 521 g/mol. The van der Waals surface area contributed by atoms with Crippen LogP contribution in [0.5, 0.6) is 0 Å². The molecule has 12 heteroatoms. The van der Waals surface area contributed by atoms with Crippen LogP contribution in [0, 0.1) is 29.3 Å². The Morgan fingerprint density at radius 2 is 1.81 bits per heavy atom.